The quantitative estimate of drug-likeness (QED) is 0.683. The smallest absolute Gasteiger partial charge is 0.337 e. The molecule has 0 aliphatic carbocycles. The summed E-state index contributed by atoms with van der Waals surface area (Å²) < 4.78 is 40.0. The monoisotopic (exact) mass is 461 g/mol. The summed E-state index contributed by atoms with van der Waals surface area (Å²) in [7, 11) is 0. The molecule has 2 amide bonds. The molecule has 0 atom stereocenters. The van der Waals surface area contributed by atoms with Gasteiger partial charge in [0.1, 0.15) is 0 Å². The summed E-state index contributed by atoms with van der Waals surface area (Å²) in [5.74, 6) is -0.758. The fourth-order valence-electron chi connectivity index (χ4n) is 4.20. The predicted octanol–water partition coefficient (Wildman–Crippen LogP) is 4.62. The molecular formula is C25H30F3N3O2. The van der Waals surface area contributed by atoms with E-state index in [1.54, 1.807) is 0 Å². The van der Waals surface area contributed by atoms with Crippen molar-refractivity contribution in [2.45, 2.75) is 39.3 Å². The maximum absolute atomic E-state index is 13.3. The summed E-state index contributed by atoms with van der Waals surface area (Å²) in [5, 5.41) is 3.05. The predicted molar refractivity (Wildman–Crippen MR) is 122 cm³/mol. The number of amides is 2. The van der Waals surface area contributed by atoms with Gasteiger partial charge in [0.15, 0.2) is 0 Å². The van der Waals surface area contributed by atoms with Gasteiger partial charge in [0.2, 0.25) is 5.91 Å². The molecule has 1 fully saturated rings. The molecule has 8 heteroatoms. The first kappa shape index (κ1) is 24.8. The molecule has 1 saturated heterocycles. The highest BCUT2D eigenvalue weighted by Gasteiger charge is 2.36. The zero-order valence-electron chi connectivity index (χ0n) is 19.0. The zero-order chi connectivity index (χ0) is 24.0. The van der Waals surface area contributed by atoms with Gasteiger partial charge in [-0.3, -0.25) is 14.5 Å². The molecule has 0 aromatic heterocycles. The highest BCUT2D eigenvalue weighted by molar-refractivity contribution is 5.96. The average molecular weight is 462 g/mol. The van der Waals surface area contributed by atoms with Gasteiger partial charge in [-0.05, 0) is 42.5 Å². The lowest BCUT2D eigenvalue weighted by Crippen LogP contribution is -2.38. The molecule has 1 aliphatic heterocycles. The molecule has 0 unspecified atom stereocenters. The van der Waals surface area contributed by atoms with Crippen LogP contribution in [0.4, 0.5) is 18.9 Å². The van der Waals surface area contributed by atoms with Gasteiger partial charge in [-0.15, -0.1) is 0 Å². The summed E-state index contributed by atoms with van der Waals surface area (Å²) in [6.07, 6.45) is -2.39. The Morgan fingerprint density at radius 3 is 2.21 bits per heavy atom. The molecule has 2 aromatic rings. The first-order valence-electron chi connectivity index (χ1n) is 11.3. The normalized spacial score (nSPS) is 15.2. The topological polar surface area (TPSA) is 52.7 Å². The van der Waals surface area contributed by atoms with Crippen molar-refractivity contribution in [2.75, 3.05) is 38.0 Å². The Morgan fingerprint density at radius 2 is 1.58 bits per heavy atom. The van der Waals surface area contributed by atoms with E-state index >= 15 is 0 Å². The van der Waals surface area contributed by atoms with Gasteiger partial charge in [-0.25, -0.2) is 0 Å². The number of rotatable bonds is 6. The van der Waals surface area contributed by atoms with E-state index in [9.17, 15) is 22.8 Å². The van der Waals surface area contributed by atoms with Crippen LogP contribution in [0.2, 0.25) is 0 Å². The van der Waals surface area contributed by atoms with Crippen LogP contribution in [-0.4, -0.2) is 54.3 Å². The number of hydrogen-bond acceptors (Lipinski definition) is 3. The maximum atomic E-state index is 13.3. The Kier molecular flexibility index (Phi) is 8.13. The number of benzene rings is 2. The SMILES string of the molecule is CCc1cccc(CC)c1NC(=O)CN1CCCN(C(=O)c2ccccc2C(F)(F)F)CC1. The molecule has 0 bridgehead atoms. The average Bonchev–Trinajstić information content (AvgIpc) is 3.03. The molecule has 1 aliphatic rings. The number of halogens is 3. The van der Waals surface area contributed by atoms with Crippen LogP contribution in [0.25, 0.3) is 0 Å². The number of carbonyl (C=O) groups excluding carboxylic acids is 2. The second-order valence-electron chi connectivity index (χ2n) is 8.17. The summed E-state index contributed by atoms with van der Waals surface area (Å²) in [6, 6.07) is 10.9. The van der Waals surface area contributed by atoms with Gasteiger partial charge in [0.05, 0.1) is 17.7 Å². The van der Waals surface area contributed by atoms with E-state index in [1.165, 1.54) is 23.1 Å². The lowest BCUT2D eigenvalue weighted by atomic mass is 10.0. The maximum Gasteiger partial charge on any atom is 0.417 e. The minimum atomic E-state index is -4.59. The van der Waals surface area contributed by atoms with Crippen LogP contribution in [0, 0.1) is 0 Å². The van der Waals surface area contributed by atoms with Crippen LogP contribution in [0.3, 0.4) is 0 Å². The van der Waals surface area contributed by atoms with Crippen molar-refractivity contribution in [2.24, 2.45) is 0 Å². The number of nitrogens with one attached hydrogen (secondary N) is 1. The lowest BCUT2D eigenvalue weighted by molar-refractivity contribution is -0.138. The summed E-state index contributed by atoms with van der Waals surface area (Å²) >= 11 is 0. The van der Waals surface area contributed by atoms with Crippen molar-refractivity contribution in [3.05, 3.63) is 64.7 Å². The van der Waals surface area contributed by atoms with Crippen molar-refractivity contribution in [1.82, 2.24) is 9.80 Å². The number of anilines is 1. The third-order valence-corrected chi connectivity index (χ3v) is 5.97. The minimum absolute atomic E-state index is 0.132. The summed E-state index contributed by atoms with van der Waals surface area (Å²) in [5.41, 5.74) is 1.77. The van der Waals surface area contributed by atoms with Gasteiger partial charge >= 0.3 is 6.18 Å². The third kappa shape index (κ3) is 6.13. The number of aryl methyl sites for hydroxylation is 2. The number of para-hydroxylation sites is 1. The molecule has 178 valence electrons. The molecular weight excluding hydrogens is 431 g/mol. The molecule has 1 heterocycles. The molecule has 5 nitrogen and oxygen atoms in total. The highest BCUT2D eigenvalue weighted by Crippen LogP contribution is 2.32. The first-order chi connectivity index (χ1) is 15.7. The van der Waals surface area contributed by atoms with Gasteiger partial charge in [-0.2, -0.15) is 13.2 Å². The van der Waals surface area contributed by atoms with Crippen LogP contribution >= 0.6 is 0 Å². The van der Waals surface area contributed by atoms with Gasteiger partial charge in [0.25, 0.3) is 5.91 Å². The molecule has 2 aromatic carbocycles. The fraction of sp³-hybridized carbons (Fsp3) is 0.440. The molecule has 0 spiro atoms. The Labute approximate surface area is 192 Å². The van der Waals surface area contributed by atoms with E-state index in [2.05, 4.69) is 5.32 Å². The van der Waals surface area contributed by atoms with E-state index in [1.807, 2.05) is 36.9 Å². The van der Waals surface area contributed by atoms with Crippen molar-refractivity contribution in [3.8, 4) is 0 Å². The number of hydrogen-bond donors (Lipinski definition) is 1. The highest BCUT2D eigenvalue weighted by atomic mass is 19.4. The van der Waals surface area contributed by atoms with Crippen LogP contribution in [0.1, 0.15) is 47.3 Å². The second kappa shape index (κ2) is 10.8. The van der Waals surface area contributed by atoms with Crippen LogP contribution in [0.15, 0.2) is 42.5 Å². The molecule has 1 N–H and O–H groups in total. The van der Waals surface area contributed by atoms with Crippen molar-refractivity contribution in [3.63, 3.8) is 0 Å². The van der Waals surface area contributed by atoms with Gasteiger partial charge < -0.3 is 10.2 Å². The largest absolute Gasteiger partial charge is 0.417 e. The zero-order valence-corrected chi connectivity index (χ0v) is 19.0. The number of carbonyl (C=O) groups is 2. The van der Waals surface area contributed by atoms with Crippen LogP contribution in [-0.2, 0) is 23.8 Å². The van der Waals surface area contributed by atoms with Crippen LogP contribution < -0.4 is 5.32 Å². The summed E-state index contributed by atoms with van der Waals surface area (Å²) in [4.78, 5) is 29.0. The van der Waals surface area contributed by atoms with E-state index in [0.717, 1.165) is 35.7 Å². The van der Waals surface area contributed by atoms with Gasteiger partial charge in [0, 0.05) is 31.9 Å². The summed E-state index contributed by atoms with van der Waals surface area (Å²) in [6.45, 7) is 5.88. The number of nitrogens with zero attached hydrogens (tertiary/aromatic N) is 2. The molecule has 3 rings (SSSR count). The van der Waals surface area contributed by atoms with E-state index < -0.39 is 17.6 Å². The van der Waals surface area contributed by atoms with E-state index in [-0.39, 0.29) is 24.6 Å². The Hall–Kier alpha value is -2.87. The van der Waals surface area contributed by atoms with Gasteiger partial charge in [-0.1, -0.05) is 44.2 Å². The van der Waals surface area contributed by atoms with E-state index in [4.69, 9.17) is 0 Å². The first-order valence-corrected chi connectivity index (χ1v) is 11.3. The minimum Gasteiger partial charge on any atom is -0.337 e. The number of alkyl halides is 3. The molecule has 33 heavy (non-hydrogen) atoms. The Morgan fingerprint density at radius 1 is 0.909 bits per heavy atom. The third-order valence-electron chi connectivity index (χ3n) is 5.97. The second-order valence-corrected chi connectivity index (χ2v) is 8.17. The fourth-order valence-corrected chi connectivity index (χ4v) is 4.20. The van der Waals surface area contributed by atoms with Crippen LogP contribution in [0.5, 0.6) is 0 Å². The van der Waals surface area contributed by atoms with E-state index in [0.29, 0.717) is 26.1 Å². The molecule has 0 radical (unpaired) electrons. The van der Waals surface area contributed by atoms with Crippen molar-refractivity contribution >= 4 is 17.5 Å². The Bertz CT molecular complexity index is 969. The lowest BCUT2D eigenvalue weighted by Gasteiger charge is -2.23. The molecule has 0 saturated carbocycles. The van der Waals surface area contributed by atoms with Crippen molar-refractivity contribution in [1.29, 1.82) is 0 Å². The Balaban J connectivity index is 1.64. The standard InChI is InChI=1S/C25H30F3N3O2/c1-3-18-9-7-10-19(4-2)23(18)29-22(32)17-30-13-8-14-31(16-15-30)24(33)20-11-5-6-12-21(20)25(26,27)28/h5-7,9-12H,3-4,8,13-17H2,1-2H3,(H,29,32). The van der Waals surface area contributed by atoms with Crippen molar-refractivity contribution < 1.29 is 22.8 Å².